The van der Waals surface area contributed by atoms with Gasteiger partial charge in [0, 0.05) is 18.9 Å². The Labute approximate surface area is 242 Å². The van der Waals surface area contributed by atoms with Crippen LogP contribution in [0, 0.1) is 17.8 Å². The maximum Gasteiger partial charge on any atom is 0.303 e. The maximum atomic E-state index is 13.7. The van der Waals surface area contributed by atoms with Crippen molar-refractivity contribution in [2.75, 3.05) is 19.1 Å². The number of likely N-dealkylation sites (tertiary alicyclic amines) is 2. The van der Waals surface area contributed by atoms with Crippen molar-refractivity contribution in [3.8, 4) is 11.5 Å². The fraction of sp³-hybridized carbons (Fsp3) is 0.500. The smallest absolute Gasteiger partial charge is 0.303 e. The number of phenols is 1. The summed E-state index contributed by atoms with van der Waals surface area (Å²) in [4.78, 5) is 63.4. The summed E-state index contributed by atoms with van der Waals surface area (Å²) in [5.41, 5.74) is 0.928. The largest absolute Gasteiger partial charge is 0.504 e. The van der Waals surface area contributed by atoms with Crippen LogP contribution in [-0.2, 0) is 24.0 Å². The van der Waals surface area contributed by atoms with E-state index >= 15 is 0 Å². The number of nitrogens with zero attached hydrogens (tertiary/aromatic N) is 2. The number of aromatic hydroxyl groups is 1. The van der Waals surface area contributed by atoms with E-state index in [0.717, 1.165) is 9.80 Å². The van der Waals surface area contributed by atoms with E-state index in [-0.39, 0.29) is 49.2 Å². The number of alkyl halides is 3. The number of rotatable bonds is 7. The Morgan fingerprint density at radius 2 is 1.85 bits per heavy atom. The third kappa shape index (κ3) is 3.83. The Hall–Kier alpha value is -2.63. The van der Waals surface area contributed by atoms with Crippen LogP contribution in [0.1, 0.15) is 37.2 Å². The molecule has 39 heavy (non-hydrogen) atoms. The zero-order valence-corrected chi connectivity index (χ0v) is 23.8. The number of halogens is 3. The first kappa shape index (κ1) is 27.9. The third-order valence-corrected chi connectivity index (χ3v) is 10.3. The summed E-state index contributed by atoms with van der Waals surface area (Å²) in [5, 5.41) is 19.2. The van der Waals surface area contributed by atoms with E-state index in [4.69, 9.17) is 33.0 Å². The highest BCUT2D eigenvalue weighted by atomic mass is 79.9. The van der Waals surface area contributed by atoms with Crippen LogP contribution >= 0.6 is 39.1 Å². The SMILES string of the molecule is COc1cc([C@H]2C3=CC[C@@H]4C(=O)N(CCCC(=O)O)C(=O)[C@@H]4[C@@H]3C[C@@]3(Cl)C(=O)N(CBr)C(=O)[C@@]23Cl)ccc1O. The summed E-state index contributed by atoms with van der Waals surface area (Å²) in [6.07, 6.45) is 1.78. The summed E-state index contributed by atoms with van der Waals surface area (Å²) < 4.78 is 5.28. The molecule has 13 heteroatoms. The number of hydrogen-bond donors (Lipinski definition) is 2. The van der Waals surface area contributed by atoms with E-state index < -0.39 is 63.0 Å². The molecule has 208 valence electrons. The first-order chi connectivity index (χ1) is 18.4. The lowest BCUT2D eigenvalue weighted by atomic mass is 9.56. The summed E-state index contributed by atoms with van der Waals surface area (Å²) in [7, 11) is 1.37. The molecule has 2 saturated heterocycles. The number of carboxylic acids is 1. The van der Waals surface area contributed by atoms with E-state index in [0.29, 0.717) is 11.1 Å². The van der Waals surface area contributed by atoms with Gasteiger partial charge >= 0.3 is 5.97 Å². The van der Waals surface area contributed by atoms with Crippen molar-refractivity contribution in [3.63, 3.8) is 0 Å². The van der Waals surface area contributed by atoms with Gasteiger partial charge in [-0.25, -0.2) is 0 Å². The van der Waals surface area contributed by atoms with E-state index in [9.17, 15) is 29.1 Å². The molecule has 10 nitrogen and oxygen atoms in total. The van der Waals surface area contributed by atoms with Crippen molar-refractivity contribution in [3.05, 3.63) is 35.4 Å². The number of allylic oxidation sites excluding steroid dienone is 2. The number of amides is 4. The molecule has 1 aromatic rings. The van der Waals surface area contributed by atoms with E-state index in [1.165, 1.54) is 19.2 Å². The highest BCUT2D eigenvalue weighted by molar-refractivity contribution is 9.09. The van der Waals surface area contributed by atoms with Crippen molar-refractivity contribution in [1.29, 1.82) is 0 Å². The minimum atomic E-state index is -1.95. The molecular formula is C26H25BrCl2N2O8. The normalized spacial score (nSPS) is 33.6. The maximum absolute atomic E-state index is 13.7. The number of phenolic OH excluding ortho intramolecular Hbond substituents is 1. The minimum absolute atomic E-state index is 0.0299. The van der Waals surface area contributed by atoms with Gasteiger partial charge < -0.3 is 14.9 Å². The second kappa shape index (κ2) is 9.78. The first-order valence-electron chi connectivity index (χ1n) is 12.4. The molecule has 0 bridgehead atoms. The van der Waals surface area contributed by atoms with Gasteiger partial charge in [0.1, 0.15) is 0 Å². The Kier molecular flexibility index (Phi) is 7.00. The Balaban J connectivity index is 1.63. The number of carbonyl (C=O) groups is 5. The standard InChI is InChI=1S/C26H25BrCl2N2O8/c1-39-17-9-12(4-7-16(17)32)20-13-5-6-14-19(22(36)30(21(14)35)8-2-3-18(33)34)15(13)10-25(28)23(37)31(11-27)24(38)26(20,25)29/h4-5,7,9,14-15,19-20,32H,2-3,6,8,10-11H2,1H3,(H,33,34)/t14-,15+,19-,20-,25+,26-/m0/s1. The fourth-order valence-electron chi connectivity index (χ4n) is 6.67. The van der Waals surface area contributed by atoms with E-state index in [2.05, 4.69) is 15.9 Å². The Bertz CT molecular complexity index is 1340. The average molecular weight is 644 g/mol. The number of aliphatic carboxylic acids is 1. The molecule has 5 rings (SSSR count). The highest BCUT2D eigenvalue weighted by Crippen LogP contribution is 2.65. The second-order valence-electron chi connectivity index (χ2n) is 10.2. The van der Waals surface area contributed by atoms with Crippen molar-refractivity contribution in [1.82, 2.24) is 9.80 Å². The van der Waals surface area contributed by atoms with Gasteiger partial charge in [-0.2, -0.15) is 0 Å². The predicted molar refractivity (Wildman–Crippen MR) is 142 cm³/mol. The van der Waals surface area contributed by atoms with Gasteiger partial charge in [0.15, 0.2) is 21.2 Å². The summed E-state index contributed by atoms with van der Waals surface area (Å²) in [6.45, 7) is -0.0299. The molecule has 0 aromatic heterocycles. The molecule has 2 aliphatic heterocycles. The van der Waals surface area contributed by atoms with Crippen molar-refractivity contribution in [2.45, 2.75) is 41.3 Å². The van der Waals surface area contributed by atoms with Crippen molar-refractivity contribution < 1.29 is 38.9 Å². The quantitative estimate of drug-likeness (QED) is 0.200. The summed E-state index contributed by atoms with van der Waals surface area (Å²) >= 11 is 17.5. The van der Waals surface area contributed by atoms with Gasteiger partial charge in [0.05, 0.1) is 24.4 Å². The third-order valence-electron chi connectivity index (χ3n) is 8.42. The van der Waals surface area contributed by atoms with Crippen LogP contribution < -0.4 is 4.74 Å². The molecule has 3 fully saturated rings. The molecule has 0 unspecified atom stereocenters. The van der Waals surface area contributed by atoms with Crippen molar-refractivity contribution >= 4 is 68.7 Å². The topological polar surface area (TPSA) is 142 Å². The van der Waals surface area contributed by atoms with Crippen molar-refractivity contribution in [2.24, 2.45) is 17.8 Å². The van der Waals surface area contributed by atoms with Gasteiger partial charge in [-0.1, -0.05) is 33.6 Å². The van der Waals surface area contributed by atoms with Crippen LogP contribution in [-0.4, -0.2) is 78.5 Å². The molecule has 2 aliphatic carbocycles. The zero-order valence-electron chi connectivity index (χ0n) is 20.7. The highest BCUT2D eigenvalue weighted by Gasteiger charge is 2.76. The molecule has 2 N–H and O–H groups in total. The average Bonchev–Trinajstić information content (AvgIpc) is 3.22. The van der Waals surface area contributed by atoms with Crippen LogP contribution in [0.5, 0.6) is 11.5 Å². The number of hydrogen-bond acceptors (Lipinski definition) is 7. The molecule has 1 aromatic carbocycles. The number of fused-ring (bicyclic) bond motifs is 4. The number of imide groups is 2. The molecule has 4 amide bonds. The molecule has 0 radical (unpaired) electrons. The molecule has 0 spiro atoms. The number of benzene rings is 1. The van der Waals surface area contributed by atoms with Crippen LogP contribution in [0.3, 0.4) is 0 Å². The number of carboxylic acid groups (broad SMARTS) is 1. The molecule has 2 heterocycles. The lowest BCUT2D eigenvalue weighted by Gasteiger charge is -2.50. The Morgan fingerprint density at radius 1 is 1.13 bits per heavy atom. The van der Waals surface area contributed by atoms with E-state index in [1.54, 1.807) is 12.1 Å². The predicted octanol–water partition coefficient (Wildman–Crippen LogP) is 2.98. The molecule has 1 saturated carbocycles. The lowest BCUT2D eigenvalue weighted by molar-refractivity contribution is -0.142. The Morgan fingerprint density at radius 3 is 2.49 bits per heavy atom. The van der Waals surface area contributed by atoms with E-state index in [1.807, 2.05) is 0 Å². The first-order valence-corrected chi connectivity index (χ1v) is 14.2. The molecular weight excluding hydrogens is 619 g/mol. The summed E-state index contributed by atoms with van der Waals surface area (Å²) in [6, 6.07) is 4.47. The second-order valence-corrected chi connectivity index (χ2v) is 12.0. The number of carbonyl (C=O) groups excluding carboxylic acids is 4. The van der Waals surface area contributed by atoms with Crippen LogP contribution in [0.15, 0.2) is 29.8 Å². The summed E-state index contributed by atoms with van der Waals surface area (Å²) in [5.74, 6) is -6.50. The minimum Gasteiger partial charge on any atom is -0.504 e. The van der Waals surface area contributed by atoms with Gasteiger partial charge in [0.25, 0.3) is 11.8 Å². The molecule has 4 aliphatic rings. The number of ether oxygens (including phenoxy) is 1. The van der Waals surface area contributed by atoms with Crippen LogP contribution in [0.4, 0.5) is 0 Å². The monoisotopic (exact) mass is 642 g/mol. The fourth-order valence-corrected chi connectivity index (χ4v) is 8.10. The van der Waals surface area contributed by atoms with Crippen LogP contribution in [0.2, 0.25) is 0 Å². The van der Waals surface area contributed by atoms with Gasteiger partial charge in [-0.05, 0) is 42.9 Å². The van der Waals surface area contributed by atoms with Gasteiger partial charge in [0.2, 0.25) is 11.8 Å². The number of methoxy groups -OCH3 is 1. The zero-order chi connectivity index (χ0) is 28.4. The molecule has 6 atom stereocenters. The van der Waals surface area contributed by atoms with Crippen LogP contribution in [0.25, 0.3) is 0 Å². The van der Waals surface area contributed by atoms with Gasteiger partial charge in [-0.15, -0.1) is 23.2 Å². The van der Waals surface area contributed by atoms with Gasteiger partial charge in [-0.3, -0.25) is 33.8 Å². The lowest BCUT2D eigenvalue weighted by Crippen LogP contribution is -2.60.